The number of aromatic nitrogens is 2. The summed E-state index contributed by atoms with van der Waals surface area (Å²) in [5.41, 5.74) is 5.50. The minimum atomic E-state index is -0.0519. The lowest BCUT2D eigenvalue weighted by Gasteiger charge is -2.23. The van der Waals surface area contributed by atoms with E-state index in [9.17, 15) is 4.79 Å². The largest absolute Gasteiger partial charge is 0.338 e. The van der Waals surface area contributed by atoms with E-state index in [1.54, 1.807) is 15.8 Å². The molecule has 0 saturated carbocycles. The van der Waals surface area contributed by atoms with Crippen molar-refractivity contribution in [2.24, 2.45) is 7.05 Å². The maximum atomic E-state index is 13.3. The molecule has 1 aliphatic rings. The Hall–Kier alpha value is -2.83. The second-order valence-electron chi connectivity index (χ2n) is 6.69. The highest BCUT2D eigenvalue weighted by Crippen LogP contribution is 2.36. The lowest BCUT2D eigenvalue weighted by Crippen LogP contribution is -2.30. The molecule has 0 aliphatic carbocycles. The average molecular weight is 382 g/mol. The number of hydrogen-bond acceptors (Lipinski definition) is 4. The van der Waals surface area contributed by atoms with E-state index in [0.717, 1.165) is 33.9 Å². The summed E-state index contributed by atoms with van der Waals surface area (Å²) >= 11 is 5.56. The molecule has 1 aromatic heterocycles. The van der Waals surface area contributed by atoms with Crippen LogP contribution < -0.4 is 15.1 Å². The number of carbonyl (C=O) groups excluding carboxylic acids is 1. The zero-order chi connectivity index (χ0) is 19.0. The van der Waals surface area contributed by atoms with Gasteiger partial charge in [-0.15, -0.1) is 0 Å². The summed E-state index contributed by atoms with van der Waals surface area (Å²) < 4.78 is 1.80. The van der Waals surface area contributed by atoms with Crippen LogP contribution in [0.2, 0.25) is 0 Å². The molecular formula is C20H20ClN5O. The Morgan fingerprint density at radius 1 is 1.26 bits per heavy atom. The van der Waals surface area contributed by atoms with Gasteiger partial charge >= 0.3 is 0 Å². The molecule has 0 atom stereocenters. The summed E-state index contributed by atoms with van der Waals surface area (Å²) in [5, 5.41) is 7.77. The maximum absolute atomic E-state index is 13.3. The zero-order valence-electron chi connectivity index (χ0n) is 15.2. The minimum absolute atomic E-state index is 0.0519. The lowest BCUT2D eigenvalue weighted by molar-refractivity contribution is 0.0985. The third-order valence-electron chi connectivity index (χ3n) is 4.76. The molecule has 0 bridgehead atoms. The van der Waals surface area contributed by atoms with Gasteiger partial charge in [-0.2, -0.15) is 5.10 Å². The van der Waals surface area contributed by atoms with E-state index in [0.29, 0.717) is 18.7 Å². The number of benzene rings is 2. The van der Waals surface area contributed by atoms with Crippen molar-refractivity contribution in [2.45, 2.75) is 20.0 Å². The van der Waals surface area contributed by atoms with E-state index in [-0.39, 0.29) is 5.91 Å². The number of amides is 1. The number of aryl methyl sites for hydroxylation is 2. The van der Waals surface area contributed by atoms with Crippen LogP contribution in [-0.4, -0.2) is 15.7 Å². The van der Waals surface area contributed by atoms with Crippen molar-refractivity contribution in [1.82, 2.24) is 14.6 Å². The summed E-state index contributed by atoms with van der Waals surface area (Å²) in [4.78, 5) is 17.7. The van der Waals surface area contributed by atoms with Crippen molar-refractivity contribution in [3.8, 4) is 0 Å². The Labute approximate surface area is 162 Å². The van der Waals surface area contributed by atoms with Gasteiger partial charge in [0.05, 0.1) is 24.1 Å². The molecule has 27 heavy (non-hydrogen) atoms. The first-order valence-electron chi connectivity index (χ1n) is 8.69. The molecule has 2 N–H and O–H groups in total. The Morgan fingerprint density at radius 2 is 2.04 bits per heavy atom. The first kappa shape index (κ1) is 17.6. The Morgan fingerprint density at radius 3 is 2.78 bits per heavy atom. The van der Waals surface area contributed by atoms with Gasteiger partial charge in [0.15, 0.2) is 0 Å². The van der Waals surface area contributed by atoms with E-state index < -0.39 is 0 Å². The average Bonchev–Trinajstić information content (AvgIpc) is 2.92. The van der Waals surface area contributed by atoms with Crippen molar-refractivity contribution in [3.63, 3.8) is 0 Å². The van der Waals surface area contributed by atoms with E-state index in [4.69, 9.17) is 11.8 Å². The van der Waals surface area contributed by atoms with E-state index in [1.165, 1.54) is 0 Å². The number of nitrogens with zero attached hydrogens (tertiary/aromatic N) is 3. The molecule has 7 heteroatoms. The van der Waals surface area contributed by atoms with Crippen molar-refractivity contribution in [3.05, 3.63) is 70.9 Å². The Balaban J connectivity index is 1.75. The van der Waals surface area contributed by atoms with Gasteiger partial charge in [-0.05, 0) is 54.1 Å². The standard InChI is InChI=1S/C20H20ClN5O/c1-13-3-8-18-17(9-13)24-19-16(11-23-25(19)2)12-26(18)20(27)15-6-4-14(5-7-15)10-22-21/h3-9,11,22,24H,10,12H2,1-2H3. The normalized spacial score (nSPS) is 12.8. The van der Waals surface area contributed by atoms with Gasteiger partial charge in [-0.3, -0.25) is 9.48 Å². The molecular weight excluding hydrogens is 362 g/mol. The highest BCUT2D eigenvalue weighted by Gasteiger charge is 2.26. The van der Waals surface area contributed by atoms with Gasteiger partial charge in [-0.25, -0.2) is 4.84 Å². The Kier molecular flexibility index (Phi) is 4.59. The van der Waals surface area contributed by atoms with Gasteiger partial charge in [-0.1, -0.05) is 18.2 Å². The van der Waals surface area contributed by atoms with Crippen molar-refractivity contribution in [2.75, 3.05) is 10.2 Å². The summed E-state index contributed by atoms with van der Waals surface area (Å²) in [6.45, 7) is 3.04. The van der Waals surface area contributed by atoms with Gasteiger partial charge < -0.3 is 10.2 Å². The highest BCUT2D eigenvalue weighted by atomic mass is 35.5. The van der Waals surface area contributed by atoms with Crippen LogP contribution in [0.15, 0.2) is 48.7 Å². The number of hydrogen-bond donors (Lipinski definition) is 2. The first-order chi connectivity index (χ1) is 13.1. The molecule has 138 valence electrons. The van der Waals surface area contributed by atoms with Crippen LogP contribution in [0.3, 0.4) is 0 Å². The highest BCUT2D eigenvalue weighted by molar-refractivity contribution is 6.13. The van der Waals surface area contributed by atoms with Crippen molar-refractivity contribution >= 4 is 34.9 Å². The zero-order valence-corrected chi connectivity index (χ0v) is 15.9. The van der Waals surface area contributed by atoms with Gasteiger partial charge in [0, 0.05) is 24.7 Å². The molecule has 2 heterocycles. The maximum Gasteiger partial charge on any atom is 0.258 e. The van der Waals surface area contributed by atoms with Crippen molar-refractivity contribution in [1.29, 1.82) is 0 Å². The van der Waals surface area contributed by atoms with Crippen LogP contribution in [0.4, 0.5) is 17.2 Å². The van der Waals surface area contributed by atoms with Crippen LogP contribution in [0, 0.1) is 6.92 Å². The molecule has 1 aliphatic heterocycles. The molecule has 6 nitrogen and oxygen atoms in total. The summed E-state index contributed by atoms with van der Waals surface area (Å²) in [6.07, 6.45) is 1.80. The third kappa shape index (κ3) is 3.29. The number of nitrogens with one attached hydrogen (secondary N) is 2. The van der Waals surface area contributed by atoms with Gasteiger partial charge in [0.2, 0.25) is 0 Å². The van der Waals surface area contributed by atoms with Crippen LogP contribution in [0.1, 0.15) is 27.0 Å². The monoisotopic (exact) mass is 381 g/mol. The predicted octanol–water partition coefficient (Wildman–Crippen LogP) is 3.88. The van der Waals surface area contributed by atoms with Gasteiger partial charge in [0.25, 0.3) is 5.91 Å². The fourth-order valence-electron chi connectivity index (χ4n) is 3.31. The summed E-state index contributed by atoms with van der Waals surface area (Å²) in [6, 6.07) is 13.5. The second kappa shape index (κ2) is 7.06. The summed E-state index contributed by atoms with van der Waals surface area (Å²) in [5.74, 6) is 0.852. The first-order valence-corrected chi connectivity index (χ1v) is 9.07. The number of rotatable bonds is 3. The Bertz CT molecular complexity index is 996. The molecule has 0 fully saturated rings. The fourth-order valence-corrected chi connectivity index (χ4v) is 3.46. The lowest BCUT2D eigenvalue weighted by atomic mass is 10.1. The number of anilines is 3. The fraction of sp³-hybridized carbons (Fsp3) is 0.200. The van der Waals surface area contributed by atoms with E-state index in [2.05, 4.69) is 15.3 Å². The smallest absolute Gasteiger partial charge is 0.258 e. The number of carbonyl (C=O) groups is 1. The molecule has 0 spiro atoms. The van der Waals surface area contributed by atoms with Crippen LogP contribution in [0.25, 0.3) is 0 Å². The number of fused-ring (bicyclic) bond motifs is 2. The molecule has 0 radical (unpaired) electrons. The van der Waals surface area contributed by atoms with E-state index in [1.807, 2.05) is 56.4 Å². The summed E-state index contributed by atoms with van der Waals surface area (Å²) in [7, 11) is 1.89. The second-order valence-corrected chi connectivity index (χ2v) is 6.95. The van der Waals surface area contributed by atoms with Gasteiger partial charge in [0.1, 0.15) is 5.82 Å². The van der Waals surface area contributed by atoms with Crippen LogP contribution in [0.5, 0.6) is 0 Å². The SMILES string of the molecule is Cc1ccc2c(c1)Nc1c(cnn1C)CN2C(=O)c1ccc(CNCl)cc1. The molecule has 4 rings (SSSR count). The molecule has 1 amide bonds. The third-order valence-corrected chi connectivity index (χ3v) is 4.89. The van der Waals surface area contributed by atoms with E-state index >= 15 is 0 Å². The van der Waals surface area contributed by atoms with Crippen LogP contribution >= 0.6 is 11.8 Å². The predicted molar refractivity (Wildman–Crippen MR) is 107 cm³/mol. The number of halogens is 1. The molecule has 0 unspecified atom stereocenters. The van der Waals surface area contributed by atoms with Crippen molar-refractivity contribution < 1.29 is 4.79 Å². The minimum Gasteiger partial charge on any atom is -0.338 e. The molecule has 0 saturated heterocycles. The van der Waals surface area contributed by atoms with Crippen LogP contribution in [-0.2, 0) is 20.1 Å². The molecule has 2 aromatic carbocycles. The molecule has 3 aromatic rings. The quantitative estimate of drug-likeness (QED) is 0.676. The topological polar surface area (TPSA) is 62.2 Å².